The number of nitrogens with zero attached hydrogens (tertiary/aromatic N) is 1. The van der Waals surface area contributed by atoms with Gasteiger partial charge >= 0.3 is 24.5 Å². The molecule has 0 heterocycles. The summed E-state index contributed by atoms with van der Waals surface area (Å²) in [6.45, 7) is 0. The van der Waals surface area contributed by atoms with Gasteiger partial charge in [0.15, 0.2) is 0 Å². The molecule has 40 valence electrons. The third kappa shape index (κ3) is 4210. The van der Waals surface area contributed by atoms with Gasteiger partial charge in [0.25, 0.3) is 5.09 Å². The number of hydrogen-bond donors (Lipinski definition) is 2. The van der Waals surface area contributed by atoms with E-state index in [4.69, 9.17) is 15.3 Å². The number of halogens is 1. The molecule has 0 saturated carbocycles. The van der Waals surface area contributed by atoms with Crippen molar-refractivity contribution in [2.75, 3.05) is 0 Å². The predicted molar refractivity (Wildman–Crippen MR) is 23.2 cm³/mol. The summed E-state index contributed by atoms with van der Waals surface area (Å²) in [5.74, 6) is 0. The number of hydrogen-bond acceptors (Lipinski definition) is 3. The van der Waals surface area contributed by atoms with E-state index in [1.165, 1.54) is 0 Å². The molecule has 0 rings (SSSR count). The van der Waals surface area contributed by atoms with Gasteiger partial charge in [0.1, 0.15) is 0 Å². The Kier molecular flexibility index (Phi) is 69.7. The van der Waals surface area contributed by atoms with Crippen molar-refractivity contribution in [2.45, 2.75) is 0 Å². The van der Waals surface area contributed by atoms with E-state index in [-0.39, 0.29) is 35.3 Å². The first-order valence-electron chi connectivity index (χ1n) is 0.565. The first-order chi connectivity index (χ1) is 1.73. The van der Waals surface area contributed by atoms with Gasteiger partial charge in [0, 0.05) is 0 Å². The van der Waals surface area contributed by atoms with Gasteiger partial charge < -0.3 is 11.4 Å². The maximum atomic E-state index is 8.36. The molecule has 0 amide bonds. The second kappa shape index (κ2) is 16.9. The van der Waals surface area contributed by atoms with E-state index in [0.29, 0.717) is 0 Å². The van der Waals surface area contributed by atoms with Crippen molar-refractivity contribution in [3.05, 3.63) is 10.1 Å². The van der Waals surface area contributed by atoms with E-state index in [1.807, 2.05) is 0 Å². The summed E-state index contributed by atoms with van der Waals surface area (Å²) in [7, 11) is 0. The molecule has 0 saturated heterocycles. The van der Waals surface area contributed by atoms with E-state index >= 15 is 0 Å². The Bertz CT molecular complexity index is 40.3. The van der Waals surface area contributed by atoms with Crippen molar-refractivity contribution in [3.63, 3.8) is 0 Å². The van der Waals surface area contributed by atoms with Crippen LogP contribution in [0.2, 0.25) is 0 Å². The fourth-order valence-corrected chi connectivity index (χ4v) is 0. The van der Waals surface area contributed by atoms with Crippen LogP contribution in [0.25, 0.3) is 0 Å². The van der Waals surface area contributed by atoms with Gasteiger partial charge in [-0.25, -0.2) is 0 Å². The van der Waals surface area contributed by atoms with Gasteiger partial charge in [0.05, 0.1) is 0 Å². The molecule has 0 fully saturated rings. The van der Waals surface area contributed by atoms with Crippen molar-refractivity contribution < 1.29 is 16.4 Å². The monoisotopic (exact) mass is 125 g/mol. The van der Waals surface area contributed by atoms with Crippen molar-refractivity contribution in [3.8, 4) is 0 Å². The minimum atomic E-state index is -1.50. The summed E-state index contributed by atoms with van der Waals surface area (Å²) < 4.78 is 0. The molecule has 0 spiro atoms. The van der Waals surface area contributed by atoms with Crippen molar-refractivity contribution >= 4 is 23.1 Å². The third-order valence-corrected chi connectivity index (χ3v) is 0. The van der Waals surface area contributed by atoms with Gasteiger partial charge in [-0.05, 0) is 0 Å². The maximum absolute atomic E-state index is 8.36. The normalized spacial score (nSPS) is 3.43. The second-order valence-corrected chi connectivity index (χ2v) is 0.238. The molecule has 7 heteroatoms. The van der Waals surface area contributed by atoms with Gasteiger partial charge in [0.2, 0.25) is 0 Å². The van der Waals surface area contributed by atoms with E-state index in [0.717, 1.165) is 0 Å². The topological polar surface area (TPSA) is 98.4 Å². The van der Waals surface area contributed by atoms with Crippen LogP contribution in [0.1, 0.15) is 1.43 Å². The summed E-state index contributed by atoms with van der Waals surface area (Å²) >= 11 is 0. The van der Waals surface area contributed by atoms with E-state index < -0.39 is 5.09 Å². The zero-order valence-electron chi connectivity index (χ0n) is 4.53. The fraction of sp³-hybridized carbons (Fsp3) is 0. The van der Waals surface area contributed by atoms with Gasteiger partial charge in [-0.15, -0.1) is 10.1 Å². The van der Waals surface area contributed by atoms with Crippen molar-refractivity contribution in [2.24, 2.45) is 0 Å². The van der Waals surface area contributed by atoms with E-state index in [9.17, 15) is 0 Å². The van der Waals surface area contributed by atoms with Crippen molar-refractivity contribution in [1.29, 1.82) is 0 Å². The molecule has 0 aromatic carbocycles. The molecule has 0 bridgehead atoms. The third-order valence-electron chi connectivity index (χ3n) is 0. The molecule has 0 aromatic heterocycles. The molecular weight excluding hydrogens is 119 g/mol. The molecule has 7 heavy (non-hydrogen) atoms. The summed E-state index contributed by atoms with van der Waals surface area (Å²) in [5, 5.41) is 13.6. The molecule has 0 aliphatic heterocycles. The molecule has 0 radical (unpaired) electrons. The summed E-state index contributed by atoms with van der Waals surface area (Å²) in [6, 6.07) is 0. The Labute approximate surface area is 56.4 Å². The van der Waals surface area contributed by atoms with Gasteiger partial charge in [-0.3, -0.25) is 4.70 Å². The Balaban J connectivity index is -0.00000000750. The average molecular weight is 125 g/mol. The number of rotatable bonds is 0. The van der Waals surface area contributed by atoms with Crippen LogP contribution in [0.5, 0.6) is 0 Å². The molecule has 0 aliphatic carbocycles. The van der Waals surface area contributed by atoms with E-state index in [2.05, 4.69) is 0 Å². The zero-order valence-corrected chi connectivity index (χ0v) is 4.95. The minimum absolute atomic E-state index is 0. The van der Waals surface area contributed by atoms with Crippen LogP contribution in [0.4, 0.5) is 4.70 Å². The van der Waals surface area contributed by atoms with Crippen molar-refractivity contribution in [1.82, 2.24) is 6.15 Å². The van der Waals surface area contributed by atoms with E-state index in [1.54, 1.807) is 0 Å². The largest absolute Gasteiger partial charge is 2.00 e. The summed E-state index contributed by atoms with van der Waals surface area (Å²) in [4.78, 5) is 8.36. The van der Waals surface area contributed by atoms with Crippen LogP contribution in [0, 0.1) is 10.1 Å². The predicted octanol–water partition coefficient (Wildman–Crippen LogP) is -0.302. The molecule has 4 N–H and O–H groups in total. The first-order valence-corrected chi connectivity index (χ1v) is 0.565. The minimum Gasteiger partial charge on any atom is -0.344 e. The van der Waals surface area contributed by atoms with Gasteiger partial charge in [-0.1, -0.05) is 0 Å². The van der Waals surface area contributed by atoms with Crippen LogP contribution >= 0.6 is 0 Å². The Morgan fingerprint density at radius 2 is 1.71 bits per heavy atom. The van der Waals surface area contributed by atoms with Crippen LogP contribution in [0.3, 0.4) is 0 Å². The molecular formula is H6FMgN2O3+3. The van der Waals surface area contributed by atoms with Crippen LogP contribution < -0.4 is 6.15 Å². The molecule has 0 aromatic rings. The fourth-order valence-electron chi connectivity index (χ4n) is 0. The molecule has 0 atom stereocenters. The standard InChI is InChI=1S/FH.Mg.HNO3.H3N/c;;2-1(3)4;/h1H;;(H,2,3,4);1H3/q;+2;;/p+1. The van der Waals surface area contributed by atoms with Gasteiger partial charge in [-0.2, -0.15) is 0 Å². The summed E-state index contributed by atoms with van der Waals surface area (Å²) in [5.41, 5.74) is 0. The first kappa shape index (κ1) is 28.8. The Morgan fingerprint density at radius 3 is 1.71 bits per heavy atom. The Morgan fingerprint density at radius 1 is 1.71 bits per heavy atom. The van der Waals surface area contributed by atoms with Crippen LogP contribution in [-0.2, 0) is 0 Å². The molecule has 5 nitrogen and oxygen atoms in total. The SMILES string of the molecule is F.N.O=[N+]([O-])O.[H+].[Mg+2]. The van der Waals surface area contributed by atoms with Crippen LogP contribution in [-0.4, -0.2) is 33.3 Å². The van der Waals surface area contributed by atoms with Crippen LogP contribution in [0.15, 0.2) is 0 Å². The zero-order chi connectivity index (χ0) is 3.58. The second-order valence-electron chi connectivity index (χ2n) is 0.238. The maximum Gasteiger partial charge on any atom is 2.00 e. The average Bonchev–Trinajstić information content (AvgIpc) is 0.811. The Hall–Kier alpha value is -0.144. The quantitative estimate of drug-likeness (QED) is 0.264. The summed E-state index contributed by atoms with van der Waals surface area (Å²) in [6.07, 6.45) is 0. The smallest absolute Gasteiger partial charge is 0.344 e. The molecule has 0 unspecified atom stereocenters. The molecule has 0 aliphatic rings.